The molecule has 1 atom stereocenters. The van der Waals surface area contributed by atoms with Crippen LogP contribution in [0.1, 0.15) is 26.3 Å². The number of benzene rings is 1. The third-order valence-electron chi connectivity index (χ3n) is 2.92. The quantitative estimate of drug-likeness (QED) is 0.872. The van der Waals surface area contributed by atoms with Gasteiger partial charge in [0.25, 0.3) is 0 Å². The molecular weight excluding hydrogens is 252 g/mol. The summed E-state index contributed by atoms with van der Waals surface area (Å²) in [7, 11) is 0. The monoisotopic (exact) mass is 272 g/mol. The molecule has 0 aliphatic heterocycles. The Bertz CT molecular complexity index is 612. The Balaban J connectivity index is 2.18. The first-order valence-electron chi connectivity index (χ1n) is 6.67. The average molecular weight is 272 g/mol. The maximum Gasteiger partial charge on any atom is 0.323 e. The van der Waals surface area contributed by atoms with Gasteiger partial charge in [-0.05, 0) is 44.2 Å². The van der Waals surface area contributed by atoms with E-state index >= 15 is 0 Å². The summed E-state index contributed by atoms with van der Waals surface area (Å²) >= 11 is 0. The lowest BCUT2D eigenvalue weighted by Crippen LogP contribution is -2.38. The predicted octanol–water partition coefficient (Wildman–Crippen LogP) is 2.45. The minimum Gasteiger partial charge on any atom is -0.459 e. The lowest BCUT2D eigenvalue weighted by molar-refractivity contribution is -0.156. The van der Waals surface area contributed by atoms with Gasteiger partial charge in [0.05, 0.1) is 0 Å². The lowest BCUT2D eigenvalue weighted by Gasteiger charge is -2.22. The number of carbonyl (C=O) groups excluding carboxylic acids is 1. The molecule has 0 aliphatic rings. The van der Waals surface area contributed by atoms with E-state index in [0.717, 1.165) is 16.3 Å². The lowest BCUT2D eigenvalue weighted by atomic mass is 10.0. The Kier molecular flexibility index (Phi) is 4.04. The van der Waals surface area contributed by atoms with Crippen LogP contribution in [-0.2, 0) is 16.0 Å². The van der Waals surface area contributed by atoms with E-state index in [2.05, 4.69) is 4.98 Å². The molecule has 2 N–H and O–H groups in total. The average Bonchev–Trinajstić information content (AvgIpc) is 2.37. The van der Waals surface area contributed by atoms with Crippen LogP contribution in [0.4, 0.5) is 0 Å². The molecule has 0 aliphatic carbocycles. The highest BCUT2D eigenvalue weighted by Gasteiger charge is 2.22. The van der Waals surface area contributed by atoms with Crippen molar-refractivity contribution in [3.63, 3.8) is 0 Å². The summed E-state index contributed by atoms with van der Waals surface area (Å²) < 4.78 is 5.31. The van der Waals surface area contributed by atoms with Crippen molar-refractivity contribution in [2.75, 3.05) is 0 Å². The Morgan fingerprint density at radius 3 is 2.80 bits per heavy atom. The van der Waals surface area contributed by atoms with Gasteiger partial charge in [-0.25, -0.2) is 0 Å². The zero-order valence-electron chi connectivity index (χ0n) is 12.1. The number of rotatable bonds is 3. The van der Waals surface area contributed by atoms with Crippen LogP contribution in [0.2, 0.25) is 0 Å². The second-order valence-corrected chi connectivity index (χ2v) is 5.86. The maximum absolute atomic E-state index is 11.9. The van der Waals surface area contributed by atoms with E-state index in [-0.39, 0.29) is 5.97 Å². The van der Waals surface area contributed by atoms with Crippen LogP contribution in [0.3, 0.4) is 0 Å². The molecule has 0 radical (unpaired) electrons. The fourth-order valence-corrected chi connectivity index (χ4v) is 2.07. The maximum atomic E-state index is 11.9. The van der Waals surface area contributed by atoms with Crippen LogP contribution in [0.5, 0.6) is 0 Å². The van der Waals surface area contributed by atoms with Gasteiger partial charge in [0.1, 0.15) is 11.6 Å². The van der Waals surface area contributed by atoms with Gasteiger partial charge in [-0.3, -0.25) is 9.78 Å². The highest BCUT2D eigenvalue weighted by molar-refractivity contribution is 5.86. The van der Waals surface area contributed by atoms with Crippen LogP contribution in [0, 0.1) is 0 Å². The fraction of sp³-hybridized carbons (Fsp3) is 0.375. The van der Waals surface area contributed by atoms with Crippen LogP contribution in [-0.4, -0.2) is 22.6 Å². The van der Waals surface area contributed by atoms with E-state index in [9.17, 15) is 4.79 Å². The number of pyridine rings is 1. The van der Waals surface area contributed by atoms with E-state index in [1.165, 1.54) is 0 Å². The molecule has 1 aromatic carbocycles. The molecule has 1 unspecified atom stereocenters. The van der Waals surface area contributed by atoms with Gasteiger partial charge in [-0.2, -0.15) is 0 Å². The summed E-state index contributed by atoms with van der Waals surface area (Å²) in [4.78, 5) is 16.0. The van der Waals surface area contributed by atoms with Crippen molar-refractivity contribution in [2.24, 2.45) is 5.73 Å². The van der Waals surface area contributed by atoms with E-state index < -0.39 is 11.6 Å². The first kappa shape index (κ1) is 14.5. The molecule has 1 aromatic heterocycles. The Morgan fingerprint density at radius 2 is 2.10 bits per heavy atom. The molecular formula is C16H20N2O2. The molecule has 0 bridgehead atoms. The van der Waals surface area contributed by atoms with Crippen molar-refractivity contribution in [1.29, 1.82) is 0 Å². The smallest absolute Gasteiger partial charge is 0.323 e. The highest BCUT2D eigenvalue weighted by atomic mass is 16.6. The first-order chi connectivity index (χ1) is 9.37. The normalized spacial score (nSPS) is 13.2. The summed E-state index contributed by atoms with van der Waals surface area (Å²) in [6.45, 7) is 5.50. The molecule has 106 valence electrons. The largest absolute Gasteiger partial charge is 0.459 e. The number of hydrogen-bond acceptors (Lipinski definition) is 4. The first-order valence-corrected chi connectivity index (χ1v) is 6.67. The number of hydrogen-bond donors (Lipinski definition) is 1. The standard InChI is InChI=1S/C16H20N2O2/c1-16(2,3)20-15(19)14(17)9-11-5-4-6-12-10-18-8-7-13(11)12/h4-8,10,14H,9,17H2,1-3H3. The summed E-state index contributed by atoms with van der Waals surface area (Å²) in [6, 6.07) is 7.19. The second-order valence-electron chi connectivity index (χ2n) is 5.86. The molecule has 0 saturated carbocycles. The summed E-state index contributed by atoms with van der Waals surface area (Å²) in [5.74, 6) is -0.372. The third kappa shape index (κ3) is 3.54. The number of esters is 1. The van der Waals surface area contributed by atoms with Crippen molar-refractivity contribution in [2.45, 2.75) is 38.8 Å². The number of ether oxygens (including phenoxy) is 1. The topological polar surface area (TPSA) is 65.2 Å². The predicted molar refractivity (Wildman–Crippen MR) is 79.3 cm³/mol. The van der Waals surface area contributed by atoms with Crippen molar-refractivity contribution >= 4 is 16.7 Å². The van der Waals surface area contributed by atoms with Gasteiger partial charge in [0.15, 0.2) is 0 Å². The van der Waals surface area contributed by atoms with Crippen LogP contribution < -0.4 is 5.73 Å². The molecule has 4 heteroatoms. The summed E-state index contributed by atoms with van der Waals surface area (Å²) in [6.07, 6.45) is 4.00. The van der Waals surface area contributed by atoms with Crippen LogP contribution >= 0.6 is 0 Å². The number of nitrogens with zero attached hydrogens (tertiary/aromatic N) is 1. The van der Waals surface area contributed by atoms with Crippen molar-refractivity contribution in [3.8, 4) is 0 Å². The zero-order valence-corrected chi connectivity index (χ0v) is 12.1. The van der Waals surface area contributed by atoms with Crippen LogP contribution in [0.15, 0.2) is 36.7 Å². The van der Waals surface area contributed by atoms with Gasteiger partial charge < -0.3 is 10.5 Å². The summed E-state index contributed by atoms with van der Waals surface area (Å²) in [5, 5.41) is 2.11. The molecule has 0 amide bonds. The van der Waals surface area contributed by atoms with Gasteiger partial charge in [0.2, 0.25) is 0 Å². The summed E-state index contributed by atoms with van der Waals surface area (Å²) in [5.41, 5.74) is 6.47. The molecule has 2 aromatic rings. The fourth-order valence-electron chi connectivity index (χ4n) is 2.07. The molecule has 0 fully saturated rings. The van der Waals surface area contributed by atoms with Crippen molar-refractivity contribution < 1.29 is 9.53 Å². The molecule has 2 rings (SSSR count). The van der Waals surface area contributed by atoms with Gasteiger partial charge >= 0.3 is 5.97 Å². The molecule has 1 heterocycles. The van der Waals surface area contributed by atoms with Crippen molar-refractivity contribution in [1.82, 2.24) is 4.98 Å². The van der Waals surface area contributed by atoms with Crippen LogP contribution in [0.25, 0.3) is 10.8 Å². The number of aromatic nitrogens is 1. The minimum absolute atomic E-state index is 0.372. The van der Waals surface area contributed by atoms with Crippen molar-refractivity contribution in [3.05, 3.63) is 42.2 Å². The molecule has 0 spiro atoms. The molecule has 0 saturated heterocycles. The molecule has 20 heavy (non-hydrogen) atoms. The number of fused-ring (bicyclic) bond motifs is 1. The van der Waals surface area contributed by atoms with E-state index in [1.807, 2.05) is 45.0 Å². The highest BCUT2D eigenvalue weighted by Crippen LogP contribution is 2.19. The second kappa shape index (κ2) is 5.59. The Labute approximate surface area is 119 Å². The molecule has 4 nitrogen and oxygen atoms in total. The Hall–Kier alpha value is -1.94. The SMILES string of the molecule is CC(C)(C)OC(=O)C(N)Cc1cccc2cnccc12. The van der Waals surface area contributed by atoms with Gasteiger partial charge in [-0.15, -0.1) is 0 Å². The van der Waals surface area contributed by atoms with Gasteiger partial charge in [0, 0.05) is 17.8 Å². The van der Waals surface area contributed by atoms with Gasteiger partial charge in [-0.1, -0.05) is 18.2 Å². The minimum atomic E-state index is -0.659. The Morgan fingerprint density at radius 1 is 1.35 bits per heavy atom. The number of nitrogens with two attached hydrogens (primary N) is 1. The van der Waals surface area contributed by atoms with E-state index in [4.69, 9.17) is 10.5 Å². The zero-order chi connectivity index (χ0) is 14.8. The van der Waals surface area contributed by atoms with E-state index in [0.29, 0.717) is 6.42 Å². The third-order valence-corrected chi connectivity index (χ3v) is 2.92. The number of carbonyl (C=O) groups is 1. The van der Waals surface area contributed by atoms with E-state index in [1.54, 1.807) is 12.4 Å².